The topological polar surface area (TPSA) is 38.7 Å². The highest BCUT2D eigenvalue weighted by Crippen LogP contribution is 2.68. The van der Waals surface area contributed by atoms with E-state index in [1.807, 2.05) is 0 Å². The maximum Gasteiger partial charge on any atom is 0.164 e. The lowest BCUT2D eigenvalue weighted by Crippen LogP contribution is -2.44. The zero-order valence-corrected chi connectivity index (χ0v) is 34.7. The minimum absolute atomic E-state index is 0.628. The van der Waals surface area contributed by atoms with Crippen LogP contribution in [0.15, 0.2) is 224 Å². The van der Waals surface area contributed by atoms with E-state index < -0.39 is 10.8 Å². The van der Waals surface area contributed by atoms with Crippen molar-refractivity contribution in [3.63, 3.8) is 0 Å². The van der Waals surface area contributed by atoms with E-state index in [1.165, 1.54) is 66.8 Å². The van der Waals surface area contributed by atoms with E-state index in [1.54, 1.807) is 0 Å². The van der Waals surface area contributed by atoms with Crippen LogP contribution in [-0.4, -0.2) is 15.0 Å². The SMILES string of the molecule is c1ccc2c(c1)-c1ccccc1C21c2ccccc2C2(c3ccccc3-c3ccccc32)c2c(-c3nc(-c4cccc5ccccc45)nc(-c4cccc5ccccc45)n3)cccc21. The van der Waals surface area contributed by atoms with Crippen molar-refractivity contribution in [1.82, 2.24) is 15.0 Å². The fourth-order valence-corrected chi connectivity index (χ4v) is 12.1. The van der Waals surface area contributed by atoms with Gasteiger partial charge in [-0.15, -0.1) is 0 Å². The highest BCUT2D eigenvalue weighted by Gasteiger charge is 2.59. The summed E-state index contributed by atoms with van der Waals surface area (Å²) in [4.78, 5) is 16.7. The molecule has 1 heterocycles. The van der Waals surface area contributed by atoms with Crippen molar-refractivity contribution in [1.29, 1.82) is 0 Å². The molecule has 10 aromatic carbocycles. The standard InChI is InChI=1S/C61H37N3/c1-3-22-40-38(18-1)20-15-28-46(40)57-62-58(47-29-16-21-39-19-2-4-23-41(39)47)64-59(63-57)48-30-17-37-55-56(48)61(51-33-11-7-26-44(51)45-27-8-12-34-52(45)61)54-36-14-13-35-53(54)60(55)49-31-9-5-24-42(49)43-25-6-10-32-50(43)60/h1-37H. The van der Waals surface area contributed by atoms with Crippen molar-refractivity contribution in [2.24, 2.45) is 0 Å². The van der Waals surface area contributed by atoms with Gasteiger partial charge in [-0.3, -0.25) is 0 Å². The molecule has 2 spiro atoms. The second-order valence-corrected chi connectivity index (χ2v) is 17.3. The molecule has 296 valence electrons. The Morgan fingerprint density at radius 2 is 0.516 bits per heavy atom. The fraction of sp³-hybridized carbons (Fsp3) is 0.0328. The van der Waals surface area contributed by atoms with Crippen molar-refractivity contribution in [3.8, 4) is 56.4 Å². The summed E-state index contributed by atoms with van der Waals surface area (Å²) in [5.74, 6) is 1.94. The second kappa shape index (κ2) is 13.1. The number of nitrogens with zero attached hydrogens (tertiary/aromatic N) is 3. The smallest absolute Gasteiger partial charge is 0.164 e. The van der Waals surface area contributed by atoms with E-state index in [2.05, 4.69) is 224 Å². The summed E-state index contributed by atoms with van der Waals surface area (Å²) in [7, 11) is 0. The highest BCUT2D eigenvalue weighted by molar-refractivity contribution is 5.99. The van der Waals surface area contributed by atoms with Gasteiger partial charge in [-0.05, 0) is 88.3 Å². The fourth-order valence-electron chi connectivity index (χ4n) is 12.1. The summed E-state index contributed by atoms with van der Waals surface area (Å²) < 4.78 is 0. The average molecular weight is 812 g/mol. The Morgan fingerprint density at radius 3 is 1.00 bits per heavy atom. The van der Waals surface area contributed by atoms with Gasteiger partial charge in [0, 0.05) is 16.7 Å². The first kappa shape index (κ1) is 35.3. The zero-order valence-electron chi connectivity index (χ0n) is 34.7. The summed E-state index contributed by atoms with van der Waals surface area (Å²) in [6.45, 7) is 0. The third-order valence-electron chi connectivity index (χ3n) is 14.4. The molecule has 0 bridgehead atoms. The highest BCUT2D eigenvalue weighted by atomic mass is 15.0. The van der Waals surface area contributed by atoms with Crippen molar-refractivity contribution in [2.75, 3.05) is 0 Å². The molecule has 14 rings (SSSR count). The van der Waals surface area contributed by atoms with E-state index in [4.69, 9.17) is 15.0 Å². The summed E-state index contributed by atoms with van der Waals surface area (Å²) in [5.41, 5.74) is 16.8. The molecule has 3 aliphatic rings. The van der Waals surface area contributed by atoms with Gasteiger partial charge in [0.05, 0.1) is 10.8 Å². The summed E-state index contributed by atoms with van der Waals surface area (Å²) in [6, 6.07) is 82.3. The van der Waals surface area contributed by atoms with E-state index in [0.29, 0.717) is 17.5 Å². The third kappa shape index (κ3) is 4.47. The Balaban J connectivity index is 1.18. The minimum Gasteiger partial charge on any atom is -0.208 e. The van der Waals surface area contributed by atoms with E-state index in [9.17, 15) is 0 Å². The molecule has 0 N–H and O–H groups in total. The first-order valence-electron chi connectivity index (χ1n) is 22.1. The molecule has 64 heavy (non-hydrogen) atoms. The molecule has 0 unspecified atom stereocenters. The lowest BCUT2D eigenvalue weighted by Gasteiger charge is -2.49. The van der Waals surface area contributed by atoms with E-state index in [0.717, 1.165) is 38.2 Å². The first-order valence-corrected chi connectivity index (χ1v) is 22.1. The lowest BCUT2D eigenvalue weighted by molar-refractivity contribution is 0.633. The molecule has 0 amide bonds. The molecule has 3 heteroatoms. The number of hydrogen-bond donors (Lipinski definition) is 0. The van der Waals surface area contributed by atoms with Gasteiger partial charge >= 0.3 is 0 Å². The van der Waals surface area contributed by atoms with Crippen molar-refractivity contribution in [3.05, 3.63) is 269 Å². The average Bonchev–Trinajstić information content (AvgIpc) is 3.83. The Hall–Kier alpha value is -8.27. The molecule has 1 aromatic heterocycles. The molecule has 0 atom stereocenters. The van der Waals surface area contributed by atoms with Gasteiger partial charge < -0.3 is 0 Å². The molecule has 3 aliphatic carbocycles. The molecule has 0 radical (unpaired) electrons. The van der Waals surface area contributed by atoms with Crippen LogP contribution in [0.1, 0.15) is 44.5 Å². The van der Waals surface area contributed by atoms with Gasteiger partial charge in [-0.25, -0.2) is 15.0 Å². The Kier molecular flexibility index (Phi) is 7.25. The first-order chi connectivity index (χ1) is 31.8. The van der Waals surface area contributed by atoms with Gasteiger partial charge in [-0.1, -0.05) is 224 Å². The Bertz CT molecular complexity index is 3570. The van der Waals surface area contributed by atoms with E-state index >= 15 is 0 Å². The van der Waals surface area contributed by atoms with Crippen LogP contribution in [-0.2, 0) is 10.8 Å². The van der Waals surface area contributed by atoms with Crippen LogP contribution in [0, 0.1) is 0 Å². The minimum atomic E-state index is -0.709. The number of aromatic nitrogens is 3. The normalized spacial score (nSPS) is 14.2. The summed E-state index contributed by atoms with van der Waals surface area (Å²) in [6.07, 6.45) is 0. The number of hydrogen-bond acceptors (Lipinski definition) is 3. The van der Waals surface area contributed by atoms with Crippen LogP contribution in [0.5, 0.6) is 0 Å². The molecule has 0 saturated carbocycles. The van der Waals surface area contributed by atoms with Gasteiger partial charge in [0.25, 0.3) is 0 Å². The van der Waals surface area contributed by atoms with Crippen LogP contribution >= 0.6 is 0 Å². The van der Waals surface area contributed by atoms with Gasteiger partial charge in [0.15, 0.2) is 17.5 Å². The quantitative estimate of drug-likeness (QED) is 0.178. The van der Waals surface area contributed by atoms with Crippen molar-refractivity contribution < 1.29 is 0 Å². The third-order valence-corrected chi connectivity index (χ3v) is 14.4. The number of rotatable bonds is 3. The van der Waals surface area contributed by atoms with Crippen LogP contribution in [0.2, 0.25) is 0 Å². The maximum atomic E-state index is 5.64. The van der Waals surface area contributed by atoms with Crippen molar-refractivity contribution >= 4 is 21.5 Å². The van der Waals surface area contributed by atoms with Gasteiger partial charge in [-0.2, -0.15) is 0 Å². The molecule has 3 nitrogen and oxygen atoms in total. The molecule has 11 aromatic rings. The molecular weight excluding hydrogens is 775 g/mol. The summed E-state index contributed by atoms with van der Waals surface area (Å²) in [5, 5.41) is 4.48. The summed E-state index contributed by atoms with van der Waals surface area (Å²) >= 11 is 0. The zero-order chi connectivity index (χ0) is 42.0. The van der Waals surface area contributed by atoms with Gasteiger partial charge in [0.2, 0.25) is 0 Å². The van der Waals surface area contributed by atoms with Gasteiger partial charge in [0.1, 0.15) is 0 Å². The second-order valence-electron chi connectivity index (χ2n) is 17.3. The Morgan fingerprint density at radius 1 is 0.219 bits per heavy atom. The predicted octanol–water partition coefficient (Wildman–Crippen LogP) is 14.2. The van der Waals surface area contributed by atoms with Crippen LogP contribution in [0.3, 0.4) is 0 Å². The number of benzene rings is 10. The molecule has 0 fully saturated rings. The lowest BCUT2D eigenvalue weighted by atomic mass is 9.51. The maximum absolute atomic E-state index is 5.64. The number of fused-ring (bicyclic) bond motifs is 18. The molecular formula is C61H37N3. The van der Waals surface area contributed by atoms with Crippen LogP contribution in [0.4, 0.5) is 0 Å². The van der Waals surface area contributed by atoms with Crippen LogP contribution in [0.25, 0.3) is 78.0 Å². The Labute approximate surface area is 371 Å². The monoisotopic (exact) mass is 811 g/mol. The molecule has 0 aliphatic heterocycles. The van der Waals surface area contributed by atoms with E-state index in [-0.39, 0.29) is 0 Å². The largest absolute Gasteiger partial charge is 0.208 e. The molecule has 0 saturated heterocycles. The predicted molar refractivity (Wildman–Crippen MR) is 259 cm³/mol. The van der Waals surface area contributed by atoms with Crippen LogP contribution < -0.4 is 0 Å². The van der Waals surface area contributed by atoms with Crippen molar-refractivity contribution in [2.45, 2.75) is 10.8 Å².